The highest BCUT2D eigenvalue weighted by Gasteiger charge is 2.27. The highest BCUT2D eigenvalue weighted by atomic mass is 19.4. The zero-order valence-corrected chi connectivity index (χ0v) is 7.36. The number of hydrogen-bond donors (Lipinski definition) is 0. The molecule has 1 aromatic carbocycles. The smallest absolute Gasteiger partial charge is 0.171 e. The molecule has 0 nitrogen and oxygen atoms in total. The summed E-state index contributed by atoms with van der Waals surface area (Å²) in [6.45, 7) is 1.97. The van der Waals surface area contributed by atoms with Crippen molar-refractivity contribution in [1.82, 2.24) is 0 Å². The zero-order chi connectivity index (χ0) is 9.90. The van der Waals surface area contributed by atoms with Crippen molar-refractivity contribution in [2.24, 2.45) is 0 Å². The fourth-order valence-electron chi connectivity index (χ4n) is 1.12. The van der Waals surface area contributed by atoms with Gasteiger partial charge in [-0.05, 0) is 17.5 Å². The summed E-state index contributed by atoms with van der Waals surface area (Å²) in [5.41, 5.74) is 1.38. The first-order chi connectivity index (χ1) is 6.01. The van der Waals surface area contributed by atoms with Gasteiger partial charge in [-0.25, -0.2) is 0 Å². The SMILES string of the molecule is CCc1ccc(CC(F)(F)F)cc1. The van der Waals surface area contributed by atoms with E-state index in [1.165, 1.54) is 12.1 Å². The Hall–Kier alpha value is -0.990. The Morgan fingerprint density at radius 2 is 1.46 bits per heavy atom. The predicted molar refractivity (Wildman–Crippen MR) is 45.6 cm³/mol. The second-order valence-corrected chi connectivity index (χ2v) is 2.96. The van der Waals surface area contributed by atoms with Crippen molar-refractivity contribution in [2.75, 3.05) is 0 Å². The first-order valence-corrected chi connectivity index (χ1v) is 4.16. The molecule has 0 spiro atoms. The maximum Gasteiger partial charge on any atom is 0.393 e. The highest BCUT2D eigenvalue weighted by Crippen LogP contribution is 2.21. The van der Waals surface area contributed by atoms with Gasteiger partial charge in [0.25, 0.3) is 0 Å². The van der Waals surface area contributed by atoms with Gasteiger partial charge in [0.05, 0.1) is 6.42 Å². The third-order valence-corrected chi connectivity index (χ3v) is 1.84. The largest absolute Gasteiger partial charge is 0.393 e. The quantitative estimate of drug-likeness (QED) is 0.667. The maximum atomic E-state index is 11.9. The molecular formula is C10H11F3. The van der Waals surface area contributed by atoms with E-state index in [0.717, 1.165) is 12.0 Å². The van der Waals surface area contributed by atoms with E-state index in [0.29, 0.717) is 5.56 Å². The molecule has 1 rings (SSSR count). The van der Waals surface area contributed by atoms with Crippen molar-refractivity contribution in [3.05, 3.63) is 35.4 Å². The summed E-state index contributed by atoms with van der Waals surface area (Å²) in [7, 11) is 0. The maximum absolute atomic E-state index is 11.9. The van der Waals surface area contributed by atoms with Crippen molar-refractivity contribution in [3.8, 4) is 0 Å². The minimum atomic E-state index is -4.10. The van der Waals surface area contributed by atoms with E-state index in [-0.39, 0.29) is 0 Å². The number of hydrogen-bond acceptors (Lipinski definition) is 0. The molecule has 0 bridgehead atoms. The fraction of sp³-hybridized carbons (Fsp3) is 0.400. The van der Waals surface area contributed by atoms with Crippen LogP contribution in [0.25, 0.3) is 0 Å². The molecule has 0 aliphatic rings. The van der Waals surface area contributed by atoms with Crippen LogP contribution < -0.4 is 0 Å². The molecule has 0 saturated heterocycles. The molecule has 0 N–H and O–H groups in total. The lowest BCUT2D eigenvalue weighted by molar-refractivity contribution is -0.127. The number of alkyl halides is 3. The molecule has 0 amide bonds. The summed E-state index contributed by atoms with van der Waals surface area (Å²) in [4.78, 5) is 0. The molecule has 72 valence electrons. The highest BCUT2D eigenvalue weighted by molar-refractivity contribution is 5.22. The van der Waals surface area contributed by atoms with Crippen LogP contribution in [0.15, 0.2) is 24.3 Å². The summed E-state index contributed by atoms with van der Waals surface area (Å²) in [5, 5.41) is 0. The van der Waals surface area contributed by atoms with E-state index in [2.05, 4.69) is 0 Å². The Bertz CT molecular complexity index is 258. The molecule has 1 aromatic rings. The number of benzene rings is 1. The van der Waals surface area contributed by atoms with E-state index >= 15 is 0 Å². The van der Waals surface area contributed by atoms with Gasteiger partial charge in [0, 0.05) is 0 Å². The number of halogens is 3. The molecule has 13 heavy (non-hydrogen) atoms. The van der Waals surface area contributed by atoms with Crippen LogP contribution >= 0.6 is 0 Å². The number of rotatable bonds is 2. The van der Waals surface area contributed by atoms with E-state index < -0.39 is 12.6 Å². The van der Waals surface area contributed by atoms with E-state index in [1.54, 1.807) is 12.1 Å². The minimum absolute atomic E-state index is 0.324. The topological polar surface area (TPSA) is 0 Å². The van der Waals surface area contributed by atoms with Crippen LogP contribution in [-0.4, -0.2) is 6.18 Å². The molecule has 0 radical (unpaired) electrons. The second-order valence-electron chi connectivity index (χ2n) is 2.96. The van der Waals surface area contributed by atoms with Gasteiger partial charge in [0.1, 0.15) is 0 Å². The summed E-state index contributed by atoms with van der Waals surface area (Å²) in [6.07, 6.45) is -4.09. The van der Waals surface area contributed by atoms with Gasteiger partial charge in [0.15, 0.2) is 0 Å². The average molecular weight is 188 g/mol. The Balaban J connectivity index is 2.70. The van der Waals surface area contributed by atoms with Crippen molar-refractivity contribution in [3.63, 3.8) is 0 Å². The van der Waals surface area contributed by atoms with E-state index in [4.69, 9.17) is 0 Å². The van der Waals surface area contributed by atoms with Gasteiger partial charge in [-0.2, -0.15) is 13.2 Å². The van der Waals surface area contributed by atoms with Crippen molar-refractivity contribution < 1.29 is 13.2 Å². The monoisotopic (exact) mass is 188 g/mol. The lowest BCUT2D eigenvalue weighted by atomic mass is 10.1. The van der Waals surface area contributed by atoms with Gasteiger partial charge in [0.2, 0.25) is 0 Å². The van der Waals surface area contributed by atoms with Gasteiger partial charge < -0.3 is 0 Å². The van der Waals surface area contributed by atoms with Gasteiger partial charge >= 0.3 is 6.18 Å². The zero-order valence-electron chi connectivity index (χ0n) is 7.36. The normalized spacial score (nSPS) is 11.7. The van der Waals surface area contributed by atoms with Crippen LogP contribution in [0.4, 0.5) is 13.2 Å². The van der Waals surface area contributed by atoms with Crippen LogP contribution in [0.2, 0.25) is 0 Å². The van der Waals surface area contributed by atoms with Crippen LogP contribution in [0, 0.1) is 0 Å². The van der Waals surface area contributed by atoms with Crippen LogP contribution in [0.5, 0.6) is 0 Å². The first-order valence-electron chi connectivity index (χ1n) is 4.16. The Kier molecular flexibility index (Phi) is 2.96. The molecule has 0 aliphatic heterocycles. The van der Waals surface area contributed by atoms with Crippen LogP contribution in [0.1, 0.15) is 18.1 Å². The summed E-state index contributed by atoms with van der Waals surface area (Å²) in [6, 6.07) is 6.54. The molecule has 0 heterocycles. The molecule has 3 heteroatoms. The van der Waals surface area contributed by atoms with Gasteiger partial charge in [-0.15, -0.1) is 0 Å². The van der Waals surface area contributed by atoms with E-state index in [1.807, 2.05) is 6.92 Å². The fourth-order valence-corrected chi connectivity index (χ4v) is 1.12. The van der Waals surface area contributed by atoms with E-state index in [9.17, 15) is 13.2 Å². The molecule has 0 atom stereocenters. The summed E-state index contributed by atoms with van der Waals surface area (Å²) < 4.78 is 35.8. The van der Waals surface area contributed by atoms with Crippen molar-refractivity contribution >= 4 is 0 Å². The predicted octanol–water partition coefficient (Wildman–Crippen LogP) is 3.35. The van der Waals surface area contributed by atoms with Gasteiger partial charge in [-0.1, -0.05) is 31.2 Å². The lowest BCUT2D eigenvalue weighted by Crippen LogP contribution is -2.11. The molecule has 0 unspecified atom stereocenters. The molecular weight excluding hydrogens is 177 g/mol. The average Bonchev–Trinajstić information content (AvgIpc) is 2.03. The van der Waals surface area contributed by atoms with Crippen molar-refractivity contribution in [2.45, 2.75) is 25.9 Å². The minimum Gasteiger partial charge on any atom is -0.171 e. The second kappa shape index (κ2) is 3.81. The molecule has 0 aliphatic carbocycles. The number of aryl methyl sites for hydroxylation is 1. The molecule has 0 fully saturated rings. The van der Waals surface area contributed by atoms with Crippen LogP contribution in [-0.2, 0) is 12.8 Å². The first kappa shape index (κ1) is 10.1. The third kappa shape index (κ3) is 3.49. The standard InChI is InChI=1S/C10H11F3/c1-2-8-3-5-9(6-4-8)7-10(11,12)13/h3-6H,2,7H2,1H3. The van der Waals surface area contributed by atoms with Crippen LogP contribution in [0.3, 0.4) is 0 Å². The molecule has 0 aromatic heterocycles. The Morgan fingerprint density at radius 3 is 1.85 bits per heavy atom. The van der Waals surface area contributed by atoms with Crippen molar-refractivity contribution in [1.29, 1.82) is 0 Å². The third-order valence-electron chi connectivity index (χ3n) is 1.84. The van der Waals surface area contributed by atoms with Gasteiger partial charge in [-0.3, -0.25) is 0 Å². The molecule has 0 saturated carbocycles. The Morgan fingerprint density at radius 1 is 1.00 bits per heavy atom. The summed E-state index contributed by atoms with van der Waals surface area (Å²) in [5.74, 6) is 0. The lowest BCUT2D eigenvalue weighted by Gasteiger charge is -2.06. The Labute approximate surface area is 75.4 Å². The summed E-state index contributed by atoms with van der Waals surface area (Å²) >= 11 is 0.